The van der Waals surface area contributed by atoms with Crippen LogP contribution in [0.5, 0.6) is 0 Å². The highest BCUT2D eigenvalue weighted by Gasteiger charge is 2.17. The van der Waals surface area contributed by atoms with Crippen LogP contribution in [-0.4, -0.2) is 53.4 Å². The number of piperazine rings is 1. The molecule has 0 atom stereocenters. The first kappa shape index (κ1) is 9.82. The van der Waals surface area contributed by atoms with Gasteiger partial charge in [0.15, 0.2) is 0 Å². The first-order valence-corrected chi connectivity index (χ1v) is 5.48. The summed E-state index contributed by atoms with van der Waals surface area (Å²) in [5.41, 5.74) is 0. The fraction of sp³-hybridized carbons (Fsp3) is 0.750. The quantitative estimate of drug-likeness (QED) is 0.738. The lowest BCUT2D eigenvalue weighted by Crippen LogP contribution is -2.44. The molecule has 5 nitrogen and oxygen atoms in total. The Kier molecular flexibility index (Phi) is 2.95. The average molecular weight is 214 g/mol. The summed E-state index contributed by atoms with van der Waals surface area (Å²) in [6, 6.07) is 0. The third-order valence-electron chi connectivity index (χ3n) is 2.37. The van der Waals surface area contributed by atoms with Gasteiger partial charge in [0.25, 0.3) is 0 Å². The van der Waals surface area contributed by atoms with Gasteiger partial charge in [0.05, 0.1) is 6.61 Å². The molecule has 14 heavy (non-hydrogen) atoms. The molecular formula is C8H14N4OS. The molecule has 1 aliphatic heterocycles. The molecule has 0 radical (unpaired) electrons. The molecule has 0 aliphatic carbocycles. The molecule has 0 bridgehead atoms. The van der Waals surface area contributed by atoms with E-state index in [-0.39, 0.29) is 6.61 Å². The van der Waals surface area contributed by atoms with Gasteiger partial charge >= 0.3 is 0 Å². The van der Waals surface area contributed by atoms with E-state index in [0.717, 1.165) is 31.3 Å². The van der Waals surface area contributed by atoms with Crippen LogP contribution in [0.15, 0.2) is 0 Å². The summed E-state index contributed by atoms with van der Waals surface area (Å²) in [6.45, 7) is 4.11. The number of nitrogens with zero attached hydrogens (tertiary/aromatic N) is 4. The van der Waals surface area contributed by atoms with Gasteiger partial charge in [0.2, 0.25) is 5.13 Å². The Hall–Kier alpha value is -0.720. The van der Waals surface area contributed by atoms with Gasteiger partial charge in [-0.15, -0.1) is 10.2 Å². The van der Waals surface area contributed by atoms with E-state index in [1.807, 2.05) is 0 Å². The molecule has 0 amide bonds. The summed E-state index contributed by atoms with van der Waals surface area (Å²) < 4.78 is 0. The maximum absolute atomic E-state index is 8.87. The van der Waals surface area contributed by atoms with Crippen LogP contribution < -0.4 is 4.90 Å². The summed E-state index contributed by atoms with van der Waals surface area (Å²) in [5.74, 6) is 0. The predicted octanol–water partition coefficient (Wildman–Crippen LogP) is -0.218. The number of hydrogen-bond acceptors (Lipinski definition) is 6. The predicted molar refractivity (Wildman–Crippen MR) is 55.5 cm³/mol. The number of aliphatic hydroxyl groups excluding tert-OH is 1. The van der Waals surface area contributed by atoms with E-state index < -0.39 is 0 Å². The molecule has 2 rings (SSSR count). The van der Waals surface area contributed by atoms with Crippen molar-refractivity contribution in [2.24, 2.45) is 0 Å². The van der Waals surface area contributed by atoms with Crippen molar-refractivity contribution < 1.29 is 5.11 Å². The van der Waals surface area contributed by atoms with Crippen molar-refractivity contribution in [3.8, 4) is 0 Å². The molecule has 1 N–H and O–H groups in total. The Balaban J connectivity index is 2.01. The topological polar surface area (TPSA) is 52.5 Å². The minimum absolute atomic E-state index is 0.00852. The van der Waals surface area contributed by atoms with Crippen LogP contribution in [0.25, 0.3) is 0 Å². The summed E-state index contributed by atoms with van der Waals surface area (Å²) in [6.07, 6.45) is 0. The first-order valence-electron chi connectivity index (χ1n) is 4.66. The summed E-state index contributed by atoms with van der Waals surface area (Å²) in [4.78, 5) is 4.52. The van der Waals surface area contributed by atoms with Crippen molar-refractivity contribution in [2.75, 3.05) is 38.1 Å². The van der Waals surface area contributed by atoms with Gasteiger partial charge in [-0.3, -0.25) is 0 Å². The van der Waals surface area contributed by atoms with E-state index in [9.17, 15) is 0 Å². The van der Waals surface area contributed by atoms with E-state index in [1.165, 1.54) is 11.3 Å². The van der Waals surface area contributed by atoms with Gasteiger partial charge in [-0.2, -0.15) is 0 Å². The van der Waals surface area contributed by atoms with Gasteiger partial charge in [0, 0.05) is 26.2 Å². The fourth-order valence-electron chi connectivity index (χ4n) is 1.43. The number of anilines is 1. The van der Waals surface area contributed by atoms with E-state index in [2.05, 4.69) is 27.0 Å². The van der Waals surface area contributed by atoms with Crippen molar-refractivity contribution in [3.05, 3.63) is 5.01 Å². The Labute approximate surface area is 87.0 Å². The van der Waals surface area contributed by atoms with Crippen molar-refractivity contribution >= 4 is 16.5 Å². The second-order valence-corrected chi connectivity index (χ2v) is 4.47. The third kappa shape index (κ3) is 2.02. The lowest BCUT2D eigenvalue weighted by molar-refractivity contribution is 0.280. The SMILES string of the molecule is CN1CCN(c2nnc(CO)s2)CC1. The Morgan fingerprint density at radius 2 is 2.00 bits per heavy atom. The van der Waals surface area contributed by atoms with Crippen molar-refractivity contribution in [2.45, 2.75) is 6.61 Å². The Morgan fingerprint density at radius 1 is 1.29 bits per heavy atom. The van der Waals surface area contributed by atoms with Gasteiger partial charge in [-0.1, -0.05) is 11.3 Å². The van der Waals surface area contributed by atoms with Crippen LogP contribution >= 0.6 is 11.3 Å². The molecule has 1 aliphatic rings. The molecular weight excluding hydrogens is 200 g/mol. The molecule has 6 heteroatoms. The monoisotopic (exact) mass is 214 g/mol. The smallest absolute Gasteiger partial charge is 0.208 e. The van der Waals surface area contributed by atoms with Gasteiger partial charge in [-0.25, -0.2) is 0 Å². The molecule has 0 unspecified atom stereocenters. The van der Waals surface area contributed by atoms with E-state index in [4.69, 9.17) is 5.11 Å². The third-order valence-corrected chi connectivity index (χ3v) is 3.33. The van der Waals surface area contributed by atoms with E-state index in [0.29, 0.717) is 5.01 Å². The van der Waals surface area contributed by atoms with Crippen LogP contribution in [0, 0.1) is 0 Å². The van der Waals surface area contributed by atoms with Crippen LogP contribution in [0.4, 0.5) is 5.13 Å². The number of aliphatic hydroxyl groups is 1. The largest absolute Gasteiger partial charge is 0.389 e. The van der Waals surface area contributed by atoms with E-state index in [1.54, 1.807) is 0 Å². The molecule has 1 fully saturated rings. The number of rotatable bonds is 2. The summed E-state index contributed by atoms with van der Waals surface area (Å²) in [7, 11) is 2.12. The number of hydrogen-bond donors (Lipinski definition) is 1. The van der Waals surface area contributed by atoms with Crippen molar-refractivity contribution in [1.29, 1.82) is 0 Å². The minimum atomic E-state index is -0.00852. The van der Waals surface area contributed by atoms with Crippen LogP contribution in [0.2, 0.25) is 0 Å². The van der Waals surface area contributed by atoms with Gasteiger partial charge in [0.1, 0.15) is 5.01 Å². The lowest BCUT2D eigenvalue weighted by Gasteiger charge is -2.31. The zero-order valence-corrected chi connectivity index (χ0v) is 9.00. The average Bonchev–Trinajstić information content (AvgIpc) is 2.67. The molecule has 1 aromatic rings. The van der Waals surface area contributed by atoms with Gasteiger partial charge < -0.3 is 14.9 Å². The normalized spacial score (nSPS) is 18.9. The first-order chi connectivity index (χ1) is 6.79. The fourth-order valence-corrected chi connectivity index (χ4v) is 2.18. The number of aromatic nitrogens is 2. The molecule has 1 aromatic heterocycles. The van der Waals surface area contributed by atoms with Crippen molar-refractivity contribution in [3.63, 3.8) is 0 Å². The highest BCUT2D eigenvalue weighted by atomic mass is 32.1. The molecule has 1 saturated heterocycles. The number of likely N-dealkylation sites (N-methyl/N-ethyl adjacent to an activating group) is 1. The van der Waals surface area contributed by atoms with Crippen LogP contribution in [0.1, 0.15) is 5.01 Å². The second-order valence-electron chi connectivity index (χ2n) is 3.43. The standard InChI is InChI=1S/C8H14N4OS/c1-11-2-4-12(5-3-11)8-10-9-7(6-13)14-8/h13H,2-6H2,1H3. The van der Waals surface area contributed by atoms with E-state index >= 15 is 0 Å². The molecule has 0 spiro atoms. The highest BCUT2D eigenvalue weighted by Crippen LogP contribution is 2.20. The van der Waals surface area contributed by atoms with Crippen LogP contribution in [0.3, 0.4) is 0 Å². The lowest BCUT2D eigenvalue weighted by atomic mass is 10.3. The maximum atomic E-state index is 8.87. The molecule has 78 valence electrons. The summed E-state index contributed by atoms with van der Waals surface area (Å²) >= 11 is 1.48. The second kappa shape index (κ2) is 4.20. The summed E-state index contributed by atoms with van der Waals surface area (Å²) in [5, 5.41) is 18.4. The van der Waals surface area contributed by atoms with Crippen LogP contribution in [-0.2, 0) is 6.61 Å². The Bertz CT molecular complexity index is 295. The van der Waals surface area contributed by atoms with Gasteiger partial charge in [-0.05, 0) is 7.05 Å². The maximum Gasteiger partial charge on any atom is 0.208 e. The van der Waals surface area contributed by atoms with Crippen molar-refractivity contribution in [1.82, 2.24) is 15.1 Å². The molecule has 0 aromatic carbocycles. The minimum Gasteiger partial charge on any atom is -0.389 e. The highest BCUT2D eigenvalue weighted by molar-refractivity contribution is 7.15. The zero-order valence-electron chi connectivity index (χ0n) is 8.18. The molecule has 2 heterocycles. The Morgan fingerprint density at radius 3 is 2.57 bits per heavy atom. The molecule has 0 saturated carbocycles. The zero-order chi connectivity index (χ0) is 9.97.